The van der Waals surface area contributed by atoms with Gasteiger partial charge in [0, 0.05) is 4.48 Å². The molecule has 1 nitrogen and oxygen atoms in total. The largest absolute Gasteiger partial charge is 0.291 e. The summed E-state index contributed by atoms with van der Waals surface area (Å²) in [6.45, 7) is 2.88. The SMILES string of the molecule is CC1=C(Br)C=CC(=O)C1(C)F. The first-order valence-corrected chi connectivity index (χ1v) is 4.04. The summed E-state index contributed by atoms with van der Waals surface area (Å²) in [6.07, 6.45) is 2.82. The van der Waals surface area contributed by atoms with Crippen molar-refractivity contribution in [3.63, 3.8) is 0 Å². The summed E-state index contributed by atoms with van der Waals surface area (Å²) in [5, 5.41) is 0. The molecule has 0 N–H and O–H groups in total. The predicted molar refractivity (Wildman–Crippen MR) is 45.3 cm³/mol. The highest BCUT2D eigenvalue weighted by molar-refractivity contribution is 9.11. The fraction of sp³-hybridized carbons (Fsp3) is 0.375. The molecule has 0 spiro atoms. The number of carbonyl (C=O) groups excluding carboxylic acids is 1. The minimum Gasteiger partial charge on any atom is -0.291 e. The first-order valence-electron chi connectivity index (χ1n) is 3.24. The molecule has 60 valence electrons. The van der Waals surface area contributed by atoms with Gasteiger partial charge in [-0.25, -0.2) is 4.39 Å². The second kappa shape index (κ2) is 2.55. The van der Waals surface area contributed by atoms with Crippen molar-refractivity contribution >= 4 is 21.7 Å². The molecule has 1 atom stereocenters. The Hall–Kier alpha value is -0.440. The zero-order chi connectivity index (χ0) is 8.65. The Bertz CT molecular complexity index is 263. The topological polar surface area (TPSA) is 17.1 Å². The van der Waals surface area contributed by atoms with Crippen LogP contribution in [0.15, 0.2) is 22.2 Å². The monoisotopic (exact) mass is 218 g/mol. The van der Waals surface area contributed by atoms with Crippen molar-refractivity contribution in [2.75, 3.05) is 0 Å². The summed E-state index contributed by atoms with van der Waals surface area (Å²) < 4.78 is 14.1. The molecule has 0 saturated carbocycles. The van der Waals surface area contributed by atoms with Crippen molar-refractivity contribution in [1.29, 1.82) is 0 Å². The quantitative estimate of drug-likeness (QED) is 0.611. The van der Waals surface area contributed by atoms with Gasteiger partial charge in [-0.15, -0.1) is 0 Å². The molecule has 0 radical (unpaired) electrons. The van der Waals surface area contributed by atoms with Crippen molar-refractivity contribution in [2.45, 2.75) is 19.5 Å². The zero-order valence-corrected chi connectivity index (χ0v) is 7.90. The van der Waals surface area contributed by atoms with Gasteiger partial charge < -0.3 is 0 Å². The van der Waals surface area contributed by atoms with Gasteiger partial charge in [-0.3, -0.25) is 4.79 Å². The first kappa shape index (κ1) is 8.65. The highest BCUT2D eigenvalue weighted by Gasteiger charge is 2.36. The van der Waals surface area contributed by atoms with Gasteiger partial charge in [-0.1, -0.05) is 15.9 Å². The number of halogens is 2. The summed E-state index contributed by atoms with van der Waals surface area (Å²) in [4.78, 5) is 11.0. The van der Waals surface area contributed by atoms with Crippen molar-refractivity contribution < 1.29 is 9.18 Å². The maximum Gasteiger partial charge on any atom is 0.196 e. The molecule has 0 aliphatic heterocycles. The van der Waals surface area contributed by atoms with Gasteiger partial charge >= 0.3 is 0 Å². The molecule has 11 heavy (non-hydrogen) atoms. The number of rotatable bonds is 0. The summed E-state index contributed by atoms with van der Waals surface area (Å²) >= 11 is 3.16. The summed E-state index contributed by atoms with van der Waals surface area (Å²) in [5.74, 6) is -0.488. The van der Waals surface area contributed by atoms with Crippen LogP contribution >= 0.6 is 15.9 Å². The minimum absolute atomic E-state index is 0.435. The van der Waals surface area contributed by atoms with Crippen LogP contribution in [0.1, 0.15) is 13.8 Å². The lowest BCUT2D eigenvalue weighted by Gasteiger charge is -2.21. The number of hydrogen-bond acceptors (Lipinski definition) is 1. The standard InChI is InChI=1S/C8H8BrFO/c1-5-6(9)3-4-7(11)8(5,2)10/h3-4H,1-2H3. The molecule has 0 aromatic carbocycles. The Balaban J connectivity index is 3.17. The molecular weight excluding hydrogens is 211 g/mol. The van der Waals surface area contributed by atoms with E-state index in [1.54, 1.807) is 13.0 Å². The Morgan fingerprint density at radius 1 is 1.55 bits per heavy atom. The second-order valence-electron chi connectivity index (χ2n) is 2.67. The fourth-order valence-electron chi connectivity index (χ4n) is 0.839. The molecule has 3 heteroatoms. The Morgan fingerprint density at radius 2 is 2.09 bits per heavy atom. The first-order chi connectivity index (χ1) is 4.96. The van der Waals surface area contributed by atoms with E-state index in [4.69, 9.17) is 0 Å². The average molecular weight is 219 g/mol. The third kappa shape index (κ3) is 1.29. The number of ketones is 1. The van der Waals surface area contributed by atoms with Crippen molar-refractivity contribution in [3.05, 3.63) is 22.2 Å². The van der Waals surface area contributed by atoms with Crippen LogP contribution in [-0.4, -0.2) is 11.5 Å². The lowest BCUT2D eigenvalue weighted by Crippen LogP contribution is -2.32. The van der Waals surface area contributed by atoms with Crippen LogP contribution in [0.3, 0.4) is 0 Å². The van der Waals surface area contributed by atoms with E-state index in [2.05, 4.69) is 15.9 Å². The smallest absolute Gasteiger partial charge is 0.196 e. The zero-order valence-electron chi connectivity index (χ0n) is 6.32. The highest BCUT2D eigenvalue weighted by Crippen LogP contribution is 2.32. The lowest BCUT2D eigenvalue weighted by molar-refractivity contribution is -0.122. The molecule has 1 aliphatic carbocycles. The van der Waals surface area contributed by atoms with E-state index >= 15 is 0 Å². The van der Waals surface area contributed by atoms with Gasteiger partial charge in [0.25, 0.3) is 0 Å². The van der Waals surface area contributed by atoms with E-state index in [-0.39, 0.29) is 0 Å². The third-order valence-corrected chi connectivity index (χ3v) is 2.77. The van der Waals surface area contributed by atoms with E-state index in [1.165, 1.54) is 13.0 Å². The molecule has 0 fully saturated rings. The second-order valence-corrected chi connectivity index (χ2v) is 3.53. The van der Waals surface area contributed by atoms with Crippen LogP contribution in [0.2, 0.25) is 0 Å². The molecule has 1 aliphatic rings. The fourth-order valence-corrected chi connectivity index (χ4v) is 1.34. The molecule has 0 aromatic rings. The number of carbonyl (C=O) groups is 1. The van der Waals surface area contributed by atoms with E-state index in [0.717, 1.165) is 0 Å². The number of allylic oxidation sites excluding steroid dienone is 4. The van der Waals surface area contributed by atoms with E-state index in [1.807, 2.05) is 0 Å². The van der Waals surface area contributed by atoms with Gasteiger partial charge in [0.15, 0.2) is 11.5 Å². The number of hydrogen-bond donors (Lipinski definition) is 0. The molecule has 0 aromatic heterocycles. The van der Waals surface area contributed by atoms with Crippen molar-refractivity contribution in [1.82, 2.24) is 0 Å². The Labute approximate surface area is 73.1 Å². The summed E-state index contributed by atoms with van der Waals surface area (Å²) in [6, 6.07) is 0. The van der Waals surface area contributed by atoms with Crippen LogP contribution < -0.4 is 0 Å². The summed E-state index contributed by atoms with van der Waals surface area (Å²) in [5.41, 5.74) is -1.39. The van der Waals surface area contributed by atoms with Crippen molar-refractivity contribution in [2.24, 2.45) is 0 Å². The van der Waals surface area contributed by atoms with Crippen LogP contribution in [0.25, 0.3) is 0 Å². The normalized spacial score (nSPS) is 31.5. The maximum atomic E-state index is 13.4. The highest BCUT2D eigenvalue weighted by atomic mass is 79.9. The number of alkyl halides is 1. The van der Waals surface area contributed by atoms with Gasteiger partial charge in [0.1, 0.15) is 0 Å². The third-order valence-electron chi connectivity index (χ3n) is 1.91. The van der Waals surface area contributed by atoms with E-state index in [9.17, 15) is 9.18 Å². The van der Waals surface area contributed by atoms with Crippen LogP contribution in [-0.2, 0) is 4.79 Å². The lowest BCUT2D eigenvalue weighted by atomic mass is 9.90. The van der Waals surface area contributed by atoms with Gasteiger partial charge in [-0.2, -0.15) is 0 Å². The average Bonchev–Trinajstić information content (AvgIpc) is 1.95. The van der Waals surface area contributed by atoms with Crippen molar-refractivity contribution in [3.8, 4) is 0 Å². The van der Waals surface area contributed by atoms with Crippen LogP contribution in [0, 0.1) is 0 Å². The molecule has 1 rings (SSSR count). The molecule has 0 amide bonds. The van der Waals surface area contributed by atoms with Gasteiger partial charge in [0.2, 0.25) is 0 Å². The van der Waals surface area contributed by atoms with Gasteiger partial charge in [0.05, 0.1) is 0 Å². The van der Waals surface area contributed by atoms with Crippen LogP contribution in [0.5, 0.6) is 0 Å². The van der Waals surface area contributed by atoms with E-state index in [0.29, 0.717) is 10.1 Å². The van der Waals surface area contributed by atoms with E-state index < -0.39 is 11.5 Å². The van der Waals surface area contributed by atoms with Gasteiger partial charge in [-0.05, 0) is 31.6 Å². The maximum absolute atomic E-state index is 13.4. The molecule has 0 bridgehead atoms. The van der Waals surface area contributed by atoms with Crippen LogP contribution in [0.4, 0.5) is 4.39 Å². The Morgan fingerprint density at radius 3 is 2.55 bits per heavy atom. The minimum atomic E-state index is -1.83. The predicted octanol–water partition coefficient (Wildman–Crippen LogP) is 2.52. The molecule has 0 saturated heterocycles. The summed E-state index contributed by atoms with van der Waals surface area (Å²) in [7, 11) is 0. The Kier molecular flexibility index (Phi) is 2.01. The molecule has 1 unspecified atom stereocenters. The molecule has 0 heterocycles. The molecular formula is C8H8BrFO.